The summed E-state index contributed by atoms with van der Waals surface area (Å²) in [4.78, 5) is 0. The standard InChI is InChI=1S/C5H5F.Xe/c6-5-3-1-2-4-5;/h1-5H;. The van der Waals surface area contributed by atoms with Crippen molar-refractivity contribution in [1.29, 1.82) is 0 Å². The normalized spacial score (nSPS) is 17.3. The fourth-order valence-corrected chi connectivity index (χ4v) is 0.405. The van der Waals surface area contributed by atoms with E-state index in [0.29, 0.717) is 0 Å². The smallest absolute Gasteiger partial charge is 0.137 e. The van der Waals surface area contributed by atoms with Gasteiger partial charge >= 0.3 is 0 Å². The maximum atomic E-state index is 11.8. The van der Waals surface area contributed by atoms with E-state index in [2.05, 4.69) is 0 Å². The molecule has 0 bridgehead atoms. The zero-order valence-electron chi connectivity index (χ0n) is 3.62. The minimum Gasteiger partial charge on any atom is -0.238 e. The second-order valence-electron chi connectivity index (χ2n) is 1.21. The number of allylic oxidation sites excluding steroid dienone is 4. The van der Waals surface area contributed by atoms with Crippen LogP contribution in [0.3, 0.4) is 0 Å². The van der Waals surface area contributed by atoms with Crippen LogP contribution in [-0.4, -0.2) is 6.17 Å². The van der Waals surface area contributed by atoms with Crippen molar-refractivity contribution < 1.29 is 53.3 Å². The Morgan fingerprint density at radius 2 is 1.57 bits per heavy atom. The molecule has 0 fully saturated rings. The van der Waals surface area contributed by atoms with Crippen molar-refractivity contribution in [3.63, 3.8) is 0 Å². The summed E-state index contributed by atoms with van der Waals surface area (Å²) in [6.45, 7) is 0. The van der Waals surface area contributed by atoms with Crippen LogP contribution in [0.4, 0.5) is 4.39 Å². The fourth-order valence-electron chi connectivity index (χ4n) is 0.405. The van der Waals surface area contributed by atoms with Gasteiger partial charge in [0.1, 0.15) is 6.17 Å². The number of alkyl halides is 1. The third-order valence-corrected chi connectivity index (χ3v) is 0.701. The van der Waals surface area contributed by atoms with Crippen LogP contribution >= 0.6 is 0 Å². The Labute approximate surface area is 82.6 Å². The molecule has 0 aromatic carbocycles. The first-order valence-corrected chi connectivity index (χ1v) is 1.88. The number of rotatable bonds is 0. The predicted octanol–water partition coefficient (Wildman–Crippen LogP) is 1.45. The Morgan fingerprint density at radius 1 is 1.14 bits per heavy atom. The monoisotopic (exact) mass is 216 g/mol. The second-order valence-corrected chi connectivity index (χ2v) is 1.21. The molecule has 0 spiro atoms. The van der Waals surface area contributed by atoms with Gasteiger partial charge in [0, 0.05) is 48.9 Å². The summed E-state index contributed by atoms with van der Waals surface area (Å²) < 4.78 is 11.8. The van der Waals surface area contributed by atoms with Gasteiger partial charge in [0.15, 0.2) is 0 Å². The molecule has 0 saturated carbocycles. The van der Waals surface area contributed by atoms with E-state index in [4.69, 9.17) is 0 Å². The van der Waals surface area contributed by atoms with Gasteiger partial charge in [-0.15, -0.1) is 0 Å². The predicted molar refractivity (Wildman–Crippen MR) is 23.2 cm³/mol. The molecule has 7 heavy (non-hydrogen) atoms. The second kappa shape index (κ2) is 3.92. The van der Waals surface area contributed by atoms with Crippen molar-refractivity contribution >= 4 is 0 Å². The Hall–Kier alpha value is 0.981. The van der Waals surface area contributed by atoms with Crippen molar-refractivity contribution in [1.82, 2.24) is 0 Å². The number of halogens is 1. The van der Waals surface area contributed by atoms with E-state index in [1.807, 2.05) is 0 Å². The molecule has 0 nitrogen and oxygen atoms in total. The van der Waals surface area contributed by atoms with Gasteiger partial charge in [-0.25, -0.2) is 4.39 Å². The first kappa shape index (κ1) is 7.98. The Kier molecular flexibility index (Phi) is 4.47. The molecule has 1 aliphatic rings. The van der Waals surface area contributed by atoms with Gasteiger partial charge in [-0.1, -0.05) is 12.2 Å². The minimum atomic E-state index is -0.815. The molecule has 0 aromatic rings. The Bertz CT molecular complexity index is 84.3. The van der Waals surface area contributed by atoms with Gasteiger partial charge in [0.25, 0.3) is 0 Å². The summed E-state index contributed by atoms with van der Waals surface area (Å²) in [6, 6.07) is 0. The van der Waals surface area contributed by atoms with Gasteiger partial charge in [0.05, 0.1) is 0 Å². The molecule has 0 N–H and O–H groups in total. The van der Waals surface area contributed by atoms with Gasteiger partial charge in [-0.3, -0.25) is 0 Å². The summed E-state index contributed by atoms with van der Waals surface area (Å²) in [7, 11) is 0. The topological polar surface area (TPSA) is 0 Å². The summed E-state index contributed by atoms with van der Waals surface area (Å²) in [6.07, 6.45) is 5.58. The first-order chi connectivity index (χ1) is 2.89. The van der Waals surface area contributed by atoms with Crippen LogP contribution in [0.1, 0.15) is 0 Å². The summed E-state index contributed by atoms with van der Waals surface area (Å²) >= 11 is 0. The van der Waals surface area contributed by atoms with E-state index in [9.17, 15) is 4.39 Å². The zero-order valence-corrected chi connectivity index (χ0v) is 5.64. The minimum absolute atomic E-state index is 0. The molecule has 0 aliphatic heterocycles. The first-order valence-electron chi connectivity index (χ1n) is 1.88. The van der Waals surface area contributed by atoms with Crippen LogP contribution in [0, 0.1) is 48.9 Å². The van der Waals surface area contributed by atoms with Crippen LogP contribution in [0.25, 0.3) is 0 Å². The molecule has 1 rings (SSSR count). The maximum Gasteiger partial charge on any atom is 0.137 e. The molecule has 0 aromatic heterocycles. The quantitative estimate of drug-likeness (QED) is 0.574. The van der Waals surface area contributed by atoms with Crippen molar-refractivity contribution in [2.24, 2.45) is 0 Å². The van der Waals surface area contributed by atoms with Crippen molar-refractivity contribution in [3.8, 4) is 0 Å². The molecule has 0 heterocycles. The van der Waals surface area contributed by atoms with Crippen LogP contribution in [0.15, 0.2) is 24.3 Å². The molecule has 0 radical (unpaired) electrons. The van der Waals surface area contributed by atoms with Crippen molar-refractivity contribution in [2.45, 2.75) is 6.17 Å². The van der Waals surface area contributed by atoms with E-state index in [1.54, 1.807) is 12.2 Å². The maximum absolute atomic E-state index is 11.8. The SMILES string of the molecule is FC1C=CC=C1.[Xe]. The van der Waals surface area contributed by atoms with E-state index in [1.165, 1.54) is 12.2 Å². The molecule has 0 unspecified atom stereocenters. The van der Waals surface area contributed by atoms with E-state index in [0.717, 1.165) is 0 Å². The Morgan fingerprint density at radius 3 is 1.71 bits per heavy atom. The molecular formula is C5H5FXe. The van der Waals surface area contributed by atoms with Gasteiger partial charge in [-0.2, -0.15) is 0 Å². The summed E-state index contributed by atoms with van der Waals surface area (Å²) in [5, 5.41) is 0. The van der Waals surface area contributed by atoms with E-state index >= 15 is 0 Å². The van der Waals surface area contributed by atoms with Gasteiger partial charge < -0.3 is 0 Å². The molecule has 0 saturated heterocycles. The van der Waals surface area contributed by atoms with E-state index in [-0.39, 0.29) is 48.9 Å². The summed E-state index contributed by atoms with van der Waals surface area (Å²) in [5.41, 5.74) is 0. The van der Waals surface area contributed by atoms with Crippen LogP contribution in [-0.2, 0) is 0 Å². The fraction of sp³-hybridized carbons (Fsp3) is 0.200. The molecule has 1 aliphatic carbocycles. The van der Waals surface area contributed by atoms with Gasteiger partial charge in [0.2, 0.25) is 0 Å². The van der Waals surface area contributed by atoms with Crippen LogP contribution in [0.2, 0.25) is 0 Å². The van der Waals surface area contributed by atoms with Crippen molar-refractivity contribution in [3.05, 3.63) is 24.3 Å². The largest absolute Gasteiger partial charge is 0.238 e. The number of hydrogen-bond donors (Lipinski definition) is 0. The zero-order chi connectivity index (χ0) is 4.41. The molecular weight excluding hydrogens is 210 g/mol. The third kappa shape index (κ3) is 2.72. The summed E-state index contributed by atoms with van der Waals surface area (Å²) in [5.74, 6) is 0. The molecule has 2 heteroatoms. The molecule has 0 atom stereocenters. The molecule has 0 amide bonds. The van der Waals surface area contributed by atoms with Crippen molar-refractivity contribution in [2.75, 3.05) is 0 Å². The number of hydrogen-bond acceptors (Lipinski definition) is 0. The third-order valence-electron chi connectivity index (χ3n) is 0.701. The van der Waals surface area contributed by atoms with Crippen LogP contribution in [0.5, 0.6) is 0 Å². The average molecular weight is 215 g/mol. The molecule has 40 valence electrons. The van der Waals surface area contributed by atoms with E-state index < -0.39 is 6.17 Å². The Balaban J connectivity index is 0.000000360. The van der Waals surface area contributed by atoms with Gasteiger partial charge in [-0.05, 0) is 12.2 Å². The average Bonchev–Trinajstić information content (AvgIpc) is 1.86. The van der Waals surface area contributed by atoms with Crippen LogP contribution < -0.4 is 0 Å².